The Bertz CT molecular complexity index is 745. The van der Waals surface area contributed by atoms with E-state index < -0.39 is 16.1 Å². The van der Waals surface area contributed by atoms with E-state index in [2.05, 4.69) is 16.3 Å². The molecule has 1 atom stereocenters. The molecule has 0 aliphatic carbocycles. The molecule has 7 heteroatoms. The first-order chi connectivity index (χ1) is 13.0. The van der Waals surface area contributed by atoms with Gasteiger partial charge in [-0.25, -0.2) is 8.42 Å². The predicted octanol–water partition coefficient (Wildman–Crippen LogP) is 2.10. The number of rotatable bonds is 8. The number of benzene rings is 1. The molecule has 27 heavy (non-hydrogen) atoms. The Hall–Kier alpha value is -1.44. The lowest BCUT2D eigenvalue weighted by Crippen LogP contribution is -2.46. The van der Waals surface area contributed by atoms with Crippen molar-refractivity contribution in [3.05, 3.63) is 35.4 Å². The quantitative estimate of drug-likeness (QED) is 0.734. The van der Waals surface area contributed by atoms with E-state index in [4.69, 9.17) is 0 Å². The molecule has 2 heterocycles. The third kappa shape index (κ3) is 5.09. The van der Waals surface area contributed by atoms with Crippen LogP contribution in [0.2, 0.25) is 0 Å². The van der Waals surface area contributed by atoms with Gasteiger partial charge < -0.3 is 5.32 Å². The number of amides is 1. The fourth-order valence-corrected chi connectivity index (χ4v) is 5.82. The molecule has 1 amide bonds. The zero-order valence-electron chi connectivity index (χ0n) is 16.2. The molecule has 6 nitrogen and oxygen atoms in total. The topological polar surface area (TPSA) is 69.7 Å². The van der Waals surface area contributed by atoms with Crippen molar-refractivity contribution in [2.75, 3.05) is 25.4 Å². The Morgan fingerprint density at radius 3 is 2.52 bits per heavy atom. The van der Waals surface area contributed by atoms with Crippen LogP contribution in [0.4, 0.5) is 0 Å². The summed E-state index contributed by atoms with van der Waals surface area (Å²) in [6.07, 6.45) is 4.42. The van der Waals surface area contributed by atoms with E-state index >= 15 is 0 Å². The maximum atomic E-state index is 12.7. The molecular weight excluding hydrogens is 362 g/mol. The molecule has 1 N–H and O–H groups in total. The van der Waals surface area contributed by atoms with Crippen LogP contribution in [-0.2, 0) is 27.9 Å². The molecule has 1 aromatic carbocycles. The van der Waals surface area contributed by atoms with Crippen molar-refractivity contribution >= 4 is 15.9 Å². The Morgan fingerprint density at radius 2 is 1.81 bits per heavy atom. The van der Waals surface area contributed by atoms with Gasteiger partial charge in [0.15, 0.2) is 0 Å². The summed E-state index contributed by atoms with van der Waals surface area (Å²) in [7, 11) is -3.35. The molecule has 2 aliphatic heterocycles. The van der Waals surface area contributed by atoms with Gasteiger partial charge in [0.25, 0.3) is 0 Å². The van der Waals surface area contributed by atoms with Gasteiger partial charge in [-0.3, -0.25) is 9.69 Å². The number of sulfonamides is 1. The molecule has 0 spiro atoms. The molecule has 0 saturated carbocycles. The minimum absolute atomic E-state index is 0.107. The van der Waals surface area contributed by atoms with E-state index in [-0.39, 0.29) is 11.7 Å². The Morgan fingerprint density at radius 1 is 1.11 bits per heavy atom. The number of likely N-dealkylation sites (tertiary alicyclic amines) is 1. The summed E-state index contributed by atoms with van der Waals surface area (Å²) in [6.45, 7) is 5.92. The maximum absolute atomic E-state index is 12.7. The van der Waals surface area contributed by atoms with Crippen LogP contribution in [0.1, 0.15) is 50.2 Å². The fourth-order valence-electron chi connectivity index (χ4n) is 4.08. The largest absolute Gasteiger partial charge is 0.351 e. The number of nitrogens with zero attached hydrogens (tertiary/aromatic N) is 2. The normalized spacial score (nSPS) is 21.6. The Labute approximate surface area is 163 Å². The van der Waals surface area contributed by atoms with Crippen LogP contribution in [0.25, 0.3) is 0 Å². The highest BCUT2D eigenvalue weighted by Gasteiger charge is 2.37. The van der Waals surface area contributed by atoms with E-state index in [1.165, 1.54) is 22.7 Å². The molecule has 1 unspecified atom stereocenters. The summed E-state index contributed by atoms with van der Waals surface area (Å²) in [6, 6.07) is 7.63. The zero-order valence-corrected chi connectivity index (χ0v) is 17.0. The minimum Gasteiger partial charge on any atom is -0.351 e. The predicted molar refractivity (Wildman–Crippen MR) is 107 cm³/mol. The standard InChI is InChI=1S/C20H31N3O3S/c1-2-14-27(25,26)23-13-7-10-19(23)20(24)21-15-17-8-3-4-9-18(17)16-22-11-5-6-12-22/h3-4,8-9,19H,2,5-7,10-16H2,1H3,(H,21,24). The van der Waals surface area contributed by atoms with Gasteiger partial charge in [-0.1, -0.05) is 31.2 Å². The van der Waals surface area contributed by atoms with Gasteiger partial charge in [0, 0.05) is 19.6 Å². The molecular formula is C20H31N3O3S. The van der Waals surface area contributed by atoms with E-state index in [1.807, 2.05) is 25.1 Å². The van der Waals surface area contributed by atoms with Crippen molar-refractivity contribution in [3.63, 3.8) is 0 Å². The lowest BCUT2D eigenvalue weighted by Gasteiger charge is -2.23. The number of carbonyl (C=O) groups excluding carboxylic acids is 1. The summed E-state index contributed by atoms with van der Waals surface area (Å²) in [5, 5.41) is 2.99. The van der Waals surface area contributed by atoms with Crippen molar-refractivity contribution in [3.8, 4) is 0 Å². The summed E-state index contributed by atoms with van der Waals surface area (Å²) < 4.78 is 26.2. The summed E-state index contributed by atoms with van der Waals surface area (Å²) in [4.78, 5) is 15.1. The molecule has 150 valence electrons. The first-order valence-electron chi connectivity index (χ1n) is 10.1. The lowest BCUT2D eigenvalue weighted by molar-refractivity contribution is -0.124. The molecule has 3 rings (SSSR count). The molecule has 0 bridgehead atoms. The smallest absolute Gasteiger partial charge is 0.238 e. The molecule has 0 radical (unpaired) electrons. The SMILES string of the molecule is CCCS(=O)(=O)N1CCCC1C(=O)NCc1ccccc1CN1CCCC1. The average molecular weight is 394 g/mol. The molecule has 2 fully saturated rings. The van der Waals surface area contributed by atoms with Crippen LogP contribution >= 0.6 is 0 Å². The van der Waals surface area contributed by atoms with E-state index in [1.54, 1.807) is 0 Å². The highest BCUT2D eigenvalue weighted by molar-refractivity contribution is 7.89. The van der Waals surface area contributed by atoms with Crippen molar-refractivity contribution in [1.29, 1.82) is 0 Å². The van der Waals surface area contributed by atoms with Crippen LogP contribution in [0.3, 0.4) is 0 Å². The highest BCUT2D eigenvalue weighted by Crippen LogP contribution is 2.22. The van der Waals surface area contributed by atoms with Crippen molar-refractivity contribution < 1.29 is 13.2 Å². The maximum Gasteiger partial charge on any atom is 0.238 e. The van der Waals surface area contributed by atoms with E-state index in [0.717, 1.165) is 31.6 Å². The Balaban J connectivity index is 1.62. The average Bonchev–Trinajstić information content (AvgIpc) is 3.32. The summed E-state index contributed by atoms with van der Waals surface area (Å²) in [5.74, 6) is -0.0710. The third-order valence-corrected chi connectivity index (χ3v) is 7.57. The monoisotopic (exact) mass is 393 g/mol. The van der Waals surface area contributed by atoms with Gasteiger partial charge in [-0.2, -0.15) is 4.31 Å². The van der Waals surface area contributed by atoms with Gasteiger partial charge in [-0.05, 0) is 56.3 Å². The van der Waals surface area contributed by atoms with Crippen LogP contribution in [-0.4, -0.2) is 55.0 Å². The summed E-state index contributed by atoms with van der Waals surface area (Å²) in [5.41, 5.74) is 2.35. The van der Waals surface area contributed by atoms with Crippen molar-refractivity contribution in [1.82, 2.24) is 14.5 Å². The number of hydrogen-bond acceptors (Lipinski definition) is 4. The first-order valence-corrected chi connectivity index (χ1v) is 11.7. The number of hydrogen-bond donors (Lipinski definition) is 1. The second-order valence-corrected chi connectivity index (χ2v) is 9.60. The van der Waals surface area contributed by atoms with Crippen LogP contribution in [0, 0.1) is 0 Å². The van der Waals surface area contributed by atoms with E-state index in [0.29, 0.717) is 25.9 Å². The van der Waals surface area contributed by atoms with Crippen molar-refractivity contribution in [2.24, 2.45) is 0 Å². The summed E-state index contributed by atoms with van der Waals surface area (Å²) >= 11 is 0. The van der Waals surface area contributed by atoms with Gasteiger partial charge in [0.05, 0.1) is 5.75 Å². The lowest BCUT2D eigenvalue weighted by atomic mass is 10.1. The second kappa shape index (κ2) is 9.17. The van der Waals surface area contributed by atoms with Crippen LogP contribution < -0.4 is 5.32 Å². The highest BCUT2D eigenvalue weighted by atomic mass is 32.2. The van der Waals surface area contributed by atoms with Crippen molar-refractivity contribution in [2.45, 2.75) is 58.2 Å². The second-order valence-electron chi connectivity index (χ2n) is 7.55. The van der Waals surface area contributed by atoms with Gasteiger partial charge in [0.1, 0.15) is 6.04 Å². The van der Waals surface area contributed by atoms with E-state index in [9.17, 15) is 13.2 Å². The number of nitrogens with one attached hydrogen (secondary N) is 1. The molecule has 1 aromatic rings. The van der Waals surface area contributed by atoms with Gasteiger partial charge in [0.2, 0.25) is 15.9 Å². The molecule has 2 saturated heterocycles. The molecule has 2 aliphatic rings. The van der Waals surface area contributed by atoms with Gasteiger partial charge >= 0.3 is 0 Å². The zero-order chi connectivity index (χ0) is 19.3. The molecule has 0 aromatic heterocycles. The van der Waals surface area contributed by atoms with Gasteiger partial charge in [-0.15, -0.1) is 0 Å². The fraction of sp³-hybridized carbons (Fsp3) is 0.650. The number of carbonyl (C=O) groups is 1. The third-order valence-electron chi connectivity index (χ3n) is 5.49. The Kier molecular flexibility index (Phi) is 6.89. The first kappa shape index (κ1) is 20.3. The minimum atomic E-state index is -3.35. The van der Waals surface area contributed by atoms with Crippen LogP contribution in [0.15, 0.2) is 24.3 Å². The van der Waals surface area contributed by atoms with Crippen LogP contribution in [0.5, 0.6) is 0 Å².